The van der Waals surface area contributed by atoms with Gasteiger partial charge in [0.15, 0.2) is 6.61 Å². The molecule has 1 unspecified atom stereocenters. The minimum atomic E-state index is -0.960. The van der Waals surface area contributed by atoms with Gasteiger partial charge in [-0.1, -0.05) is 84.9 Å². The summed E-state index contributed by atoms with van der Waals surface area (Å²) in [5, 5.41) is 18.3. The summed E-state index contributed by atoms with van der Waals surface area (Å²) >= 11 is 0. The first-order valence-electron chi connectivity index (χ1n) is 12.3. The number of carboxylic acids is 1. The summed E-state index contributed by atoms with van der Waals surface area (Å²) in [6.07, 6.45) is 9.05. The minimum absolute atomic E-state index is 0.0394. The van der Waals surface area contributed by atoms with Crippen LogP contribution in [0.2, 0.25) is 0 Å². The van der Waals surface area contributed by atoms with E-state index in [0.717, 1.165) is 30.5 Å². The van der Waals surface area contributed by atoms with Crippen molar-refractivity contribution in [2.45, 2.75) is 31.7 Å². The van der Waals surface area contributed by atoms with Gasteiger partial charge >= 0.3 is 5.97 Å². The molecular weight excluding hydrogens is 450 g/mol. The first kappa shape index (κ1) is 23.5. The van der Waals surface area contributed by atoms with Gasteiger partial charge in [-0.05, 0) is 53.5 Å². The highest BCUT2D eigenvalue weighted by Crippen LogP contribution is 2.33. The molecule has 0 spiro atoms. The van der Waals surface area contributed by atoms with Gasteiger partial charge in [0, 0.05) is 0 Å². The Morgan fingerprint density at radius 2 is 1.75 bits per heavy atom. The molecule has 0 aliphatic heterocycles. The van der Waals surface area contributed by atoms with Gasteiger partial charge in [-0.25, -0.2) is 4.79 Å². The van der Waals surface area contributed by atoms with Gasteiger partial charge in [-0.2, -0.15) is 15.0 Å². The van der Waals surface area contributed by atoms with E-state index in [4.69, 9.17) is 14.9 Å². The number of fused-ring (bicyclic) bond motifs is 1. The summed E-state index contributed by atoms with van der Waals surface area (Å²) < 4.78 is 5.49. The second-order valence-electron chi connectivity index (χ2n) is 9.09. The maximum atomic E-state index is 10.9. The Labute approximate surface area is 210 Å². The average molecular weight is 480 g/mol. The highest BCUT2D eigenvalue weighted by atomic mass is 16.5. The van der Waals surface area contributed by atoms with Gasteiger partial charge in [0.2, 0.25) is 0 Å². The summed E-state index contributed by atoms with van der Waals surface area (Å²) in [4.78, 5) is 12.6. The van der Waals surface area contributed by atoms with Crippen LogP contribution in [0, 0.1) is 5.92 Å². The second kappa shape index (κ2) is 11.0. The normalized spacial score (nSPS) is 15.2. The van der Waals surface area contributed by atoms with E-state index in [1.807, 2.05) is 30.5 Å². The number of allylic oxidation sites excluding steroid dienone is 2. The van der Waals surface area contributed by atoms with Crippen LogP contribution in [0.4, 0.5) is 0 Å². The molecule has 36 heavy (non-hydrogen) atoms. The van der Waals surface area contributed by atoms with Gasteiger partial charge < -0.3 is 9.84 Å². The molecule has 5 rings (SSSR count). The molecule has 1 N–H and O–H groups in total. The van der Waals surface area contributed by atoms with E-state index >= 15 is 0 Å². The van der Waals surface area contributed by atoms with Crippen molar-refractivity contribution in [1.29, 1.82) is 0 Å². The fourth-order valence-corrected chi connectivity index (χ4v) is 4.94. The SMILES string of the molecule is O=C(O)COc1cccc2c1CCC(C=CCn1ncc(C(c3ccccc3)c3ccccc3)n1)C2. The number of nitrogens with zero attached hydrogens (tertiary/aromatic N) is 3. The number of carbonyl (C=O) groups is 1. The fraction of sp³-hybridized carbons (Fsp3) is 0.233. The predicted octanol–water partition coefficient (Wildman–Crippen LogP) is 5.28. The molecule has 0 radical (unpaired) electrons. The highest BCUT2D eigenvalue weighted by Gasteiger charge is 2.21. The van der Waals surface area contributed by atoms with Crippen molar-refractivity contribution in [2.75, 3.05) is 6.61 Å². The monoisotopic (exact) mass is 479 g/mol. The summed E-state index contributed by atoms with van der Waals surface area (Å²) in [6.45, 7) is 0.301. The molecule has 6 nitrogen and oxygen atoms in total. The number of aliphatic carboxylic acids is 1. The largest absolute Gasteiger partial charge is 0.482 e. The van der Waals surface area contributed by atoms with Gasteiger partial charge in [0.1, 0.15) is 5.75 Å². The standard InChI is InChI=1S/C30H29N3O3/c34-29(35)21-36-28-15-7-14-25-19-22(16-17-26(25)28)9-8-18-33-31-20-27(32-33)30(23-10-3-1-4-11-23)24-12-5-2-6-13-24/h1-15,20,22,30H,16-19,21H2,(H,34,35). The van der Waals surface area contributed by atoms with Gasteiger partial charge in [0.25, 0.3) is 0 Å². The Bertz CT molecular complexity index is 1290. The van der Waals surface area contributed by atoms with E-state index in [1.165, 1.54) is 16.7 Å². The third kappa shape index (κ3) is 5.54. The lowest BCUT2D eigenvalue weighted by Gasteiger charge is -2.24. The molecule has 0 saturated carbocycles. The van der Waals surface area contributed by atoms with E-state index in [9.17, 15) is 4.79 Å². The summed E-state index contributed by atoms with van der Waals surface area (Å²) in [5.74, 6) is 0.191. The molecule has 0 bridgehead atoms. The van der Waals surface area contributed by atoms with Gasteiger partial charge in [-0.15, -0.1) is 0 Å². The third-order valence-electron chi connectivity index (χ3n) is 6.62. The number of aromatic nitrogens is 3. The van der Waals surface area contributed by atoms with Crippen LogP contribution in [0.1, 0.15) is 40.3 Å². The lowest BCUT2D eigenvalue weighted by Crippen LogP contribution is -2.16. The van der Waals surface area contributed by atoms with Crippen LogP contribution >= 0.6 is 0 Å². The predicted molar refractivity (Wildman–Crippen MR) is 138 cm³/mol. The maximum Gasteiger partial charge on any atom is 0.341 e. The molecule has 3 aromatic carbocycles. The molecule has 4 aromatic rings. The first-order valence-corrected chi connectivity index (χ1v) is 12.3. The molecule has 6 heteroatoms. The lowest BCUT2D eigenvalue weighted by molar-refractivity contribution is -0.139. The van der Waals surface area contributed by atoms with Crippen molar-refractivity contribution in [3.05, 3.63) is 125 Å². The van der Waals surface area contributed by atoms with Crippen LogP contribution in [0.3, 0.4) is 0 Å². The van der Waals surface area contributed by atoms with E-state index in [-0.39, 0.29) is 12.5 Å². The lowest BCUT2D eigenvalue weighted by atomic mass is 9.83. The molecule has 182 valence electrons. The van der Waals surface area contributed by atoms with Crippen LogP contribution in [-0.2, 0) is 24.2 Å². The highest BCUT2D eigenvalue weighted by molar-refractivity contribution is 5.68. The Morgan fingerprint density at radius 3 is 2.44 bits per heavy atom. The van der Waals surface area contributed by atoms with Crippen molar-refractivity contribution in [3.63, 3.8) is 0 Å². The van der Waals surface area contributed by atoms with Crippen LogP contribution in [0.25, 0.3) is 0 Å². The molecule has 1 aliphatic rings. The molecule has 1 aliphatic carbocycles. The van der Waals surface area contributed by atoms with E-state index in [1.54, 1.807) is 4.80 Å². The van der Waals surface area contributed by atoms with Crippen LogP contribution < -0.4 is 4.74 Å². The van der Waals surface area contributed by atoms with Gasteiger partial charge in [0.05, 0.1) is 24.4 Å². The first-order chi connectivity index (χ1) is 17.7. The number of ether oxygens (including phenoxy) is 1. The molecule has 0 saturated heterocycles. The van der Waals surface area contributed by atoms with E-state index < -0.39 is 5.97 Å². The summed E-state index contributed by atoms with van der Waals surface area (Å²) in [7, 11) is 0. The van der Waals surface area contributed by atoms with Crippen LogP contribution in [0.5, 0.6) is 5.75 Å². The average Bonchev–Trinajstić information content (AvgIpc) is 3.37. The Hall–Kier alpha value is -4.19. The number of benzene rings is 3. The van der Waals surface area contributed by atoms with E-state index in [2.05, 4.69) is 71.8 Å². The van der Waals surface area contributed by atoms with E-state index in [0.29, 0.717) is 18.2 Å². The number of rotatable bonds is 9. The van der Waals surface area contributed by atoms with Crippen LogP contribution in [-0.4, -0.2) is 32.7 Å². The molecule has 0 fully saturated rings. The Morgan fingerprint density at radius 1 is 1.03 bits per heavy atom. The zero-order valence-corrected chi connectivity index (χ0v) is 20.0. The third-order valence-corrected chi connectivity index (χ3v) is 6.62. The van der Waals surface area contributed by atoms with Crippen LogP contribution in [0.15, 0.2) is 97.2 Å². The van der Waals surface area contributed by atoms with Crippen molar-refractivity contribution in [1.82, 2.24) is 15.0 Å². The van der Waals surface area contributed by atoms with Crippen molar-refractivity contribution >= 4 is 5.97 Å². The number of hydrogen-bond donors (Lipinski definition) is 1. The van der Waals surface area contributed by atoms with Gasteiger partial charge in [-0.3, -0.25) is 0 Å². The number of carboxylic acid groups (broad SMARTS) is 1. The topological polar surface area (TPSA) is 77.2 Å². The molecule has 1 aromatic heterocycles. The summed E-state index contributed by atoms with van der Waals surface area (Å²) in [6, 6.07) is 26.7. The Balaban J connectivity index is 1.25. The quantitative estimate of drug-likeness (QED) is 0.331. The number of hydrogen-bond acceptors (Lipinski definition) is 4. The maximum absolute atomic E-state index is 10.9. The molecular formula is C30H29N3O3. The van der Waals surface area contributed by atoms with Crippen molar-refractivity contribution < 1.29 is 14.6 Å². The zero-order chi connectivity index (χ0) is 24.7. The smallest absolute Gasteiger partial charge is 0.341 e. The second-order valence-corrected chi connectivity index (χ2v) is 9.09. The zero-order valence-electron chi connectivity index (χ0n) is 20.0. The molecule has 1 atom stereocenters. The van der Waals surface area contributed by atoms with Crippen molar-refractivity contribution in [3.8, 4) is 5.75 Å². The molecule has 1 heterocycles. The fourth-order valence-electron chi connectivity index (χ4n) is 4.94. The molecule has 0 amide bonds. The summed E-state index contributed by atoms with van der Waals surface area (Å²) in [5.41, 5.74) is 5.68. The van der Waals surface area contributed by atoms with Crippen molar-refractivity contribution in [2.24, 2.45) is 5.92 Å². The minimum Gasteiger partial charge on any atom is -0.482 e. The Kier molecular flexibility index (Phi) is 7.22.